The van der Waals surface area contributed by atoms with Gasteiger partial charge in [0.2, 0.25) is 0 Å². The second-order valence-corrected chi connectivity index (χ2v) is 7.69. The predicted molar refractivity (Wildman–Crippen MR) is 125 cm³/mol. The van der Waals surface area contributed by atoms with Crippen molar-refractivity contribution in [2.75, 3.05) is 27.2 Å². The van der Waals surface area contributed by atoms with Crippen LogP contribution in [0.4, 0.5) is 0 Å². The van der Waals surface area contributed by atoms with Crippen LogP contribution in [-0.2, 0) is 0 Å². The third kappa shape index (κ3) is 5.72. The lowest BCUT2D eigenvalue weighted by atomic mass is 9.88. The molecule has 29 heavy (non-hydrogen) atoms. The Morgan fingerprint density at radius 1 is 0.793 bits per heavy atom. The van der Waals surface area contributed by atoms with Gasteiger partial charge in [-0.3, -0.25) is 0 Å². The van der Waals surface area contributed by atoms with Gasteiger partial charge in [0, 0.05) is 11.6 Å². The minimum atomic E-state index is 0.677. The first-order chi connectivity index (χ1) is 14.1. The first kappa shape index (κ1) is 21.2. The number of nitrogens with zero attached hydrogens (tertiary/aromatic N) is 1. The van der Waals surface area contributed by atoms with Crippen molar-refractivity contribution >= 4 is 22.7 Å². The van der Waals surface area contributed by atoms with Gasteiger partial charge in [0.15, 0.2) is 0 Å². The topological polar surface area (TPSA) is 12.5 Å². The summed E-state index contributed by atoms with van der Waals surface area (Å²) in [6.45, 7) is 3.78. The molecule has 150 valence electrons. The first-order valence-corrected chi connectivity index (χ1v) is 10.4. The number of hydrogen-bond acceptors (Lipinski definition) is 2. The lowest BCUT2D eigenvalue weighted by molar-refractivity contribution is 0.261. The van der Waals surface area contributed by atoms with Crippen molar-refractivity contribution in [2.45, 2.75) is 13.3 Å². The molecular formula is C26H28ClNO. The highest BCUT2D eigenvalue weighted by Crippen LogP contribution is 2.35. The van der Waals surface area contributed by atoms with Gasteiger partial charge in [0.1, 0.15) is 12.4 Å². The zero-order valence-corrected chi connectivity index (χ0v) is 18.1. The van der Waals surface area contributed by atoms with E-state index in [4.69, 9.17) is 16.3 Å². The van der Waals surface area contributed by atoms with Crippen molar-refractivity contribution in [1.29, 1.82) is 0 Å². The molecule has 0 saturated heterocycles. The summed E-state index contributed by atoms with van der Waals surface area (Å²) in [6, 6.07) is 27.1. The molecule has 0 unspecified atom stereocenters. The van der Waals surface area contributed by atoms with Crippen LogP contribution in [0.15, 0.2) is 78.9 Å². The lowest BCUT2D eigenvalue weighted by Gasteiger charge is -2.17. The zero-order valence-electron chi connectivity index (χ0n) is 17.4. The van der Waals surface area contributed by atoms with Crippen molar-refractivity contribution < 1.29 is 4.74 Å². The molecule has 3 heteroatoms. The molecule has 2 nitrogen and oxygen atoms in total. The van der Waals surface area contributed by atoms with E-state index in [0.29, 0.717) is 6.61 Å². The lowest BCUT2D eigenvalue weighted by Crippen LogP contribution is -2.19. The third-order valence-electron chi connectivity index (χ3n) is 4.86. The minimum Gasteiger partial charge on any atom is -0.492 e. The Morgan fingerprint density at radius 2 is 1.38 bits per heavy atom. The second-order valence-electron chi connectivity index (χ2n) is 7.26. The van der Waals surface area contributed by atoms with E-state index in [0.717, 1.165) is 29.3 Å². The fourth-order valence-electron chi connectivity index (χ4n) is 3.36. The molecule has 0 spiro atoms. The highest BCUT2D eigenvalue weighted by atomic mass is 35.5. The largest absolute Gasteiger partial charge is 0.492 e. The highest BCUT2D eigenvalue weighted by molar-refractivity contribution is 6.30. The Balaban J connectivity index is 2.02. The summed E-state index contributed by atoms with van der Waals surface area (Å²) in [5.74, 6) is 0.892. The summed E-state index contributed by atoms with van der Waals surface area (Å²) in [4.78, 5) is 2.11. The molecule has 0 atom stereocenters. The smallest absolute Gasteiger partial charge is 0.119 e. The van der Waals surface area contributed by atoms with Gasteiger partial charge in [0.05, 0.1) is 0 Å². The molecule has 0 fully saturated rings. The molecule has 0 amide bonds. The SMILES string of the molecule is CC/C(=C(\c1ccc(Cl)cc1)c1ccc(OCCN(C)C)cc1)c1ccccc1. The number of ether oxygens (including phenoxy) is 1. The average Bonchev–Trinajstić information content (AvgIpc) is 2.74. The van der Waals surface area contributed by atoms with Gasteiger partial charge in [-0.1, -0.05) is 73.1 Å². The molecule has 3 rings (SSSR count). The van der Waals surface area contributed by atoms with Gasteiger partial charge in [0.25, 0.3) is 0 Å². The Morgan fingerprint density at radius 3 is 1.93 bits per heavy atom. The van der Waals surface area contributed by atoms with E-state index >= 15 is 0 Å². The number of halogens is 1. The normalized spacial score (nSPS) is 12.0. The summed E-state index contributed by atoms with van der Waals surface area (Å²) in [6.07, 6.45) is 0.934. The van der Waals surface area contributed by atoms with Crippen LogP contribution < -0.4 is 4.74 Å². The van der Waals surface area contributed by atoms with E-state index in [1.54, 1.807) is 0 Å². The van der Waals surface area contributed by atoms with Crippen LogP contribution in [0.5, 0.6) is 5.75 Å². The minimum absolute atomic E-state index is 0.677. The quantitative estimate of drug-likeness (QED) is 0.389. The highest BCUT2D eigenvalue weighted by Gasteiger charge is 2.13. The van der Waals surface area contributed by atoms with E-state index in [1.165, 1.54) is 22.3 Å². The Hall–Kier alpha value is -2.55. The van der Waals surface area contributed by atoms with Crippen LogP contribution in [0.3, 0.4) is 0 Å². The van der Waals surface area contributed by atoms with Crippen molar-refractivity contribution in [3.63, 3.8) is 0 Å². The van der Waals surface area contributed by atoms with Crippen LogP contribution in [0.1, 0.15) is 30.0 Å². The van der Waals surface area contributed by atoms with Gasteiger partial charge in [-0.25, -0.2) is 0 Å². The van der Waals surface area contributed by atoms with E-state index in [9.17, 15) is 0 Å². The van der Waals surface area contributed by atoms with E-state index in [2.05, 4.69) is 78.6 Å². The zero-order chi connectivity index (χ0) is 20.6. The van der Waals surface area contributed by atoms with Crippen molar-refractivity contribution in [3.8, 4) is 5.75 Å². The average molecular weight is 406 g/mol. The van der Waals surface area contributed by atoms with Crippen LogP contribution in [0.25, 0.3) is 11.1 Å². The summed E-state index contributed by atoms with van der Waals surface area (Å²) < 4.78 is 5.87. The maximum Gasteiger partial charge on any atom is 0.119 e. The molecule has 0 saturated carbocycles. The molecule has 0 aromatic heterocycles. The fourth-order valence-corrected chi connectivity index (χ4v) is 3.49. The summed E-state index contributed by atoms with van der Waals surface area (Å²) >= 11 is 6.15. The molecule has 0 N–H and O–H groups in total. The molecule has 0 radical (unpaired) electrons. The summed E-state index contributed by atoms with van der Waals surface area (Å²) in [5, 5.41) is 0.746. The molecular weight excluding hydrogens is 378 g/mol. The Kier molecular flexibility index (Phi) is 7.51. The monoisotopic (exact) mass is 405 g/mol. The standard InChI is InChI=1S/C26H28ClNO/c1-4-25(20-8-6-5-7-9-20)26(21-10-14-23(27)15-11-21)22-12-16-24(17-13-22)29-19-18-28(2)3/h5-17H,4,18-19H2,1-3H3/b26-25-. The van der Waals surface area contributed by atoms with Gasteiger partial charge < -0.3 is 9.64 Å². The number of likely N-dealkylation sites (N-methyl/N-ethyl adjacent to an activating group) is 1. The fraction of sp³-hybridized carbons (Fsp3) is 0.231. The van der Waals surface area contributed by atoms with E-state index in [1.807, 2.05) is 26.2 Å². The van der Waals surface area contributed by atoms with E-state index in [-0.39, 0.29) is 0 Å². The van der Waals surface area contributed by atoms with E-state index < -0.39 is 0 Å². The molecule has 0 aliphatic heterocycles. The van der Waals surface area contributed by atoms with Gasteiger partial charge in [-0.05, 0) is 72.6 Å². The molecule has 3 aromatic rings. The Bertz CT molecular complexity index is 929. The van der Waals surface area contributed by atoms with Gasteiger partial charge in [-0.2, -0.15) is 0 Å². The number of hydrogen-bond donors (Lipinski definition) is 0. The van der Waals surface area contributed by atoms with Crippen LogP contribution in [0.2, 0.25) is 5.02 Å². The predicted octanol–water partition coefficient (Wildman–Crippen LogP) is 6.65. The summed E-state index contributed by atoms with van der Waals surface area (Å²) in [5.41, 5.74) is 6.13. The van der Waals surface area contributed by atoms with Gasteiger partial charge >= 0.3 is 0 Å². The molecule has 0 heterocycles. The second kappa shape index (κ2) is 10.3. The maximum absolute atomic E-state index is 6.15. The molecule has 0 bridgehead atoms. The first-order valence-electron chi connectivity index (χ1n) is 10.0. The number of allylic oxidation sites excluding steroid dienone is 1. The third-order valence-corrected chi connectivity index (χ3v) is 5.11. The molecule has 0 aliphatic carbocycles. The number of benzene rings is 3. The summed E-state index contributed by atoms with van der Waals surface area (Å²) in [7, 11) is 4.09. The van der Waals surface area contributed by atoms with Crippen molar-refractivity contribution in [2.24, 2.45) is 0 Å². The van der Waals surface area contributed by atoms with Crippen LogP contribution >= 0.6 is 11.6 Å². The van der Waals surface area contributed by atoms with Crippen LogP contribution in [0, 0.1) is 0 Å². The Labute approximate surface area is 179 Å². The molecule has 3 aromatic carbocycles. The maximum atomic E-state index is 6.15. The number of rotatable bonds is 8. The van der Waals surface area contributed by atoms with Gasteiger partial charge in [-0.15, -0.1) is 0 Å². The van der Waals surface area contributed by atoms with Crippen molar-refractivity contribution in [3.05, 3.63) is 101 Å². The van der Waals surface area contributed by atoms with Crippen molar-refractivity contribution in [1.82, 2.24) is 4.90 Å². The van der Waals surface area contributed by atoms with Crippen LogP contribution in [-0.4, -0.2) is 32.1 Å². The molecule has 0 aliphatic rings.